The first kappa shape index (κ1) is 19.0. The molecule has 0 amide bonds. The molecule has 0 heteroatoms. The molecule has 0 nitrogen and oxygen atoms in total. The highest BCUT2D eigenvalue weighted by atomic mass is 14.4. The van der Waals surface area contributed by atoms with E-state index < -0.39 is 0 Å². The fourth-order valence-electron chi connectivity index (χ4n) is 5.05. The summed E-state index contributed by atoms with van der Waals surface area (Å²) >= 11 is 0. The third-order valence-corrected chi connectivity index (χ3v) is 7.10. The molecule has 0 fully saturated rings. The van der Waals surface area contributed by atoms with Gasteiger partial charge in [-0.05, 0) is 94.5 Å². The van der Waals surface area contributed by atoms with E-state index in [0.717, 1.165) is 19.3 Å². The SMILES string of the molecule is C=C1CC(CC)(CC)Cc2ccc(C3=CC(c4ccccc4CC)=CC3)cc21. The first-order chi connectivity index (χ1) is 13.6. The van der Waals surface area contributed by atoms with Crippen LogP contribution in [0.15, 0.2) is 61.2 Å². The van der Waals surface area contributed by atoms with Crippen LogP contribution in [0.1, 0.15) is 74.3 Å². The van der Waals surface area contributed by atoms with Gasteiger partial charge in [0.2, 0.25) is 0 Å². The van der Waals surface area contributed by atoms with E-state index in [0.29, 0.717) is 5.41 Å². The smallest absolute Gasteiger partial charge is 0.00821 e. The summed E-state index contributed by atoms with van der Waals surface area (Å²) in [6, 6.07) is 15.9. The molecule has 0 N–H and O–H groups in total. The van der Waals surface area contributed by atoms with Crippen LogP contribution in [0.5, 0.6) is 0 Å². The van der Waals surface area contributed by atoms with E-state index in [1.807, 2.05) is 0 Å². The lowest BCUT2D eigenvalue weighted by Crippen LogP contribution is -2.26. The summed E-state index contributed by atoms with van der Waals surface area (Å²) in [7, 11) is 0. The molecule has 0 aromatic heterocycles. The minimum atomic E-state index is 0.414. The molecule has 0 heterocycles. The zero-order chi connectivity index (χ0) is 19.7. The summed E-state index contributed by atoms with van der Waals surface area (Å²) in [5.41, 5.74) is 11.6. The van der Waals surface area contributed by atoms with Gasteiger partial charge in [0.25, 0.3) is 0 Å². The third-order valence-electron chi connectivity index (χ3n) is 7.10. The maximum atomic E-state index is 4.47. The number of aryl methyl sites for hydroxylation is 1. The van der Waals surface area contributed by atoms with Crippen LogP contribution < -0.4 is 0 Å². The number of allylic oxidation sites excluding steroid dienone is 5. The molecule has 4 rings (SSSR count). The van der Waals surface area contributed by atoms with Crippen LogP contribution in [0.2, 0.25) is 0 Å². The number of benzene rings is 2. The summed E-state index contributed by atoms with van der Waals surface area (Å²) in [6.07, 6.45) is 11.7. The van der Waals surface area contributed by atoms with E-state index >= 15 is 0 Å². The number of hydrogen-bond donors (Lipinski definition) is 0. The highest BCUT2D eigenvalue weighted by Crippen LogP contribution is 2.46. The number of hydrogen-bond acceptors (Lipinski definition) is 0. The lowest BCUT2D eigenvalue weighted by atomic mass is 9.66. The fourth-order valence-corrected chi connectivity index (χ4v) is 5.05. The van der Waals surface area contributed by atoms with E-state index in [9.17, 15) is 0 Å². The van der Waals surface area contributed by atoms with E-state index in [1.165, 1.54) is 63.8 Å². The summed E-state index contributed by atoms with van der Waals surface area (Å²) in [5.74, 6) is 0. The summed E-state index contributed by atoms with van der Waals surface area (Å²) in [6.45, 7) is 11.4. The molecule has 144 valence electrons. The van der Waals surface area contributed by atoms with Gasteiger partial charge in [0, 0.05) is 0 Å². The van der Waals surface area contributed by atoms with Crippen molar-refractivity contribution in [3.63, 3.8) is 0 Å². The van der Waals surface area contributed by atoms with Crippen LogP contribution in [0, 0.1) is 5.41 Å². The van der Waals surface area contributed by atoms with Crippen molar-refractivity contribution in [3.8, 4) is 0 Å². The molecule has 28 heavy (non-hydrogen) atoms. The second-order valence-corrected chi connectivity index (χ2v) is 8.58. The molecule has 2 aromatic rings. The summed E-state index contributed by atoms with van der Waals surface area (Å²) in [5, 5.41) is 0. The van der Waals surface area contributed by atoms with Gasteiger partial charge < -0.3 is 0 Å². The molecule has 0 radical (unpaired) electrons. The van der Waals surface area contributed by atoms with Crippen molar-refractivity contribution in [3.05, 3.63) is 89.0 Å². The Morgan fingerprint density at radius 3 is 2.46 bits per heavy atom. The first-order valence-electron chi connectivity index (χ1n) is 10.9. The van der Waals surface area contributed by atoms with Gasteiger partial charge in [-0.1, -0.05) is 75.9 Å². The van der Waals surface area contributed by atoms with E-state index in [-0.39, 0.29) is 0 Å². The average Bonchev–Trinajstić information content (AvgIpc) is 3.23. The molecule has 0 bridgehead atoms. The molecular formula is C28H32. The Morgan fingerprint density at radius 1 is 0.929 bits per heavy atom. The minimum Gasteiger partial charge on any atom is -0.0952 e. The third kappa shape index (κ3) is 3.30. The van der Waals surface area contributed by atoms with Gasteiger partial charge in [0.15, 0.2) is 0 Å². The number of fused-ring (bicyclic) bond motifs is 1. The zero-order valence-corrected chi connectivity index (χ0v) is 17.6. The molecule has 2 aromatic carbocycles. The van der Waals surface area contributed by atoms with Crippen molar-refractivity contribution in [2.75, 3.05) is 0 Å². The van der Waals surface area contributed by atoms with E-state index in [2.05, 4.69) is 82.0 Å². The minimum absolute atomic E-state index is 0.414. The maximum Gasteiger partial charge on any atom is -0.00821 e. The molecule has 2 aliphatic rings. The quantitative estimate of drug-likeness (QED) is 0.503. The summed E-state index contributed by atoms with van der Waals surface area (Å²) < 4.78 is 0. The lowest BCUT2D eigenvalue weighted by molar-refractivity contribution is 0.261. The Hall–Kier alpha value is -2.34. The van der Waals surface area contributed by atoms with Crippen molar-refractivity contribution in [2.45, 2.75) is 59.3 Å². The standard InChI is InChI=1S/C28H32/c1-5-21-10-8-9-11-26(21)24-14-12-22(16-24)23-13-15-25-19-28(6-2,7-3)18-20(4)27(25)17-23/h8-11,13-17H,4-7,12,18-19H2,1-3H3. The van der Waals surface area contributed by atoms with E-state index in [4.69, 9.17) is 0 Å². The van der Waals surface area contributed by atoms with Gasteiger partial charge >= 0.3 is 0 Å². The van der Waals surface area contributed by atoms with Crippen LogP contribution in [-0.2, 0) is 12.8 Å². The van der Waals surface area contributed by atoms with Crippen molar-refractivity contribution < 1.29 is 0 Å². The molecule has 0 saturated carbocycles. The first-order valence-corrected chi connectivity index (χ1v) is 10.9. The van der Waals surface area contributed by atoms with Crippen molar-refractivity contribution in [2.24, 2.45) is 5.41 Å². The highest BCUT2D eigenvalue weighted by molar-refractivity contribution is 5.91. The van der Waals surface area contributed by atoms with Crippen molar-refractivity contribution >= 4 is 16.7 Å². The summed E-state index contributed by atoms with van der Waals surface area (Å²) in [4.78, 5) is 0. The maximum absolute atomic E-state index is 4.47. The Kier molecular flexibility index (Phi) is 5.15. The number of rotatable bonds is 5. The van der Waals surface area contributed by atoms with Gasteiger partial charge in [-0.3, -0.25) is 0 Å². The van der Waals surface area contributed by atoms with Crippen LogP contribution in [0.4, 0.5) is 0 Å². The van der Waals surface area contributed by atoms with Crippen LogP contribution in [0.25, 0.3) is 16.7 Å². The molecule has 0 spiro atoms. The molecular weight excluding hydrogens is 336 g/mol. The highest BCUT2D eigenvalue weighted by Gasteiger charge is 2.33. The van der Waals surface area contributed by atoms with Crippen LogP contribution in [-0.4, -0.2) is 0 Å². The van der Waals surface area contributed by atoms with Crippen molar-refractivity contribution in [1.29, 1.82) is 0 Å². The fraction of sp³-hybridized carbons (Fsp3) is 0.357. The Labute approximate surface area is 170 Å². The Bertz CT molecular complexity index is 963. The Balaban J connectivity index is 1.64. The topological polar surface area (TPSA) is 0 Å². The van der Waals surface area contributed by atoms with Crippen LogP contribution in [0.3, 0.4) is 0 Å². The van der Waals surface area contributed by atoms with Crippen molar-refractivity contribution in [1.82, 2.24) is 0 Å². The van der Waals surface area contributed by atoms with E-state index in [1.54, 1.807) is 0 Å². The molecule has 0 unspecified atom stereocenters. The van der Waals surface area contributed by atoms with Gasteiger partial charge in [-0.25, -0.2) is 0 Å². The second kappa shape index (κ2) is 7.59. The molecule has 0 saturated heterocycles. The molecule has 2 aliphatic carbocycles. The van der Waals surface area contributed by atoms with Crippen LogP contribution >= 0.6 is 0 Å². The van der Waals surface area contributed by atoms with Gasteiger partial charge in [-0.15, -0.1) is 0 Å². The largest absolute Gasteiger partial charge is 0.0952 e. The van der Waals surface area contributed by atoms with Gasteiger partial charge in [0.1, 0.15) is 0 Å². The second-order valence-electron chi connectivity index (χ2n) is 8.58. The van der Waals surface area contributed by atoms with Gasteiger partial charge in [-0.2, -0.15) is 0 Å². The normalized spacial score (nSPS) is 17.9. The van der Waals surface area contributed by atoms with Gasteiger partial charge in [0.05, 0.1) is 0 Å². The molecule has 0 aliphatic heterocycles. The predicted octanol–water partition coefficient (Wildman–Crippen LogP) is 7.89. The zero-order valence-electron chi connectivity index (χ0n) is 17.6. The predicted molar refractivity (Wildman–Crippen MR) is 123 cm³/mol. The molecule has 0 atom stereocenters. The monoisotopic (exact) mass is 368 g/mol. The average molecular weight is 369 g/mol. The Morgan fingerprint density at radius 2 is 1.71 bits per heavy atom. The lowest BCUT2D eigenvalue weighted by Gasteiger charge is -2.38.